The molecule has 1 aliphatic carbocycles. The van der Waals surface area contributed by atoms with E-state index >= 15 is 0 Å². The molecule has 0 heterocycles. The summed E-state index contributed by atoms with van der Waals surface area (Å²) < 4.78 is 6.07. The summed E-state index contributed by atoms with van der Waals surface area (Å²) >= 11 is 0. The Morgan fingerprint density at radius 2 is 1.81 bits per heavy atom. The average Bonchev–Trinajstić information content (AvgIpc) is 2.55. The summed E-state index contributed by atoms with van der Waals surface area (Å²) in [6, 6.07) is 0.568. The van der Waals surface area contributed by atoms with E-state index in [2.05, 4.69) is 19.2 Å². The Hall–Kier alpha value is -0.0800. The second-order valence-electron chi connectivity index (χ2n) is 4.99. The predicted octanol–water partition coefficient (Wildman–Crippen LogP) is 3.50. The van der Waals surface area contributed by atoms with Gasteiger partial charge in [0, 0.05) is 6.04 Å². The van der Waals surface area contributed by atoms with Crippen LogP contribution in [0, 0.1) is 0 Å². The smallest absolute Gasteiger partial charge is 0.0623 e. The van der Waals surface area contributed by atoms with Crippen LogP contribution in [0.3, 0.4) is 0 Å². The highest BCUT2D eigenvalue weighted by Crippen LogP contribution is 2.20. The summed E-state index contributed by atoms with van der Waals surface area (Å²) in [7, 11) is 0. The van der Waals surface area contributed by atoms with Crippen LogP contribution in [0.25, 0.3) is 0 Å². The van der Waals surface area contributed by atoms with Crippen LogP contribution in [0.4, 0.5) is 0 Å². The van der Waals surface area contributed by atoms with Crippen LogP contribution in [0.15, 0.2) is 0 Å². The Bertz CT molecular complexity index is 145. The molecule has 2 nitrogen and oxygen atoms in total. The van der Waals surface area contributed by atoms with E-state index in [9.17, 15) is 0 Å². The monoisotopic (exact) mass is 227 g/mol. The van der Waals surface area contributed by atoms with E-state index in [1.807, 2.05) is 0 Å². The largest absolute Gasteiger partial charge is 0.377 e. The predicted molar refractivity (Wildman–Crippen MR) is 69.8 cm³/mol. The third-order valence-corrected chi connectivity index (χ3v) is 3.47. The molecule has 1 atom stereocenters. The zero-order valence-corrected chi connectivity index (χ0v) is 11.1. The molecule has 0 aromatic heterocycles. The summed E-state index contributed by atoms with van der Waals surface area (Å²) in [5.74, 6) is 0. The van der Waals surface area contributed by atoms with Crippen molar-refractivity contribution in [3.63, 3.8) is 0 Å². The van der Waals surface area contributed by atoms with Gasteiger partial charge in [0.1, 0.15) is 0 Å². The Morgan fingerprint density at radius 3 is 2.38 bits per heavy atom. The molecule has 0 aliphatic heterocycles. The molecule has 0 bridgehead atoms. The van der Waals surface area contributed by atoms with Crippen molar-refractivity contribution in [3.05, 3.63) is 0 Å². The number of rotatable bonds is 7. The third-order valence-electron chi connectivity index (χ3n) is 3.47. The van der Waals surface area contributed by atoms with Crippen molar-refractivity contribution >= 4 is 0 Å². The number of hydrogen-bond acceptors (Lipinski definition) is 2. The van der Waals surface area contributed by atoms with Gasteiger partial charge >= 0.3 is 0 Å². The second kappa shape index (κ2) is 9.00. The van der Waals surface area contributed by atoms with Gasteiger partial charge < -0.3 is 10.1 Å². The van der Waals surface area contributed by atoms with E-state index in [1.54, 1.807) is 0 Å². The molecular formula is C14H29NO. The van der Waals surface area contributed by atoms with Gasteiger partial charge in [-0.05, 0) is 25.8 Å². The van der Waals surface area contributed by atoms with Gasteiger partial charge in [0.05, 0.1) is 12.7 Å². The zero-order chi connectivity index (χ0) is 11.6. The summed E-state index contributed by atoms with van der Waals surface area (Å²) in [6.07, 6.45) is 11.1. The Balaban J connectivity index is 2.18. The second-order valence-corrected chi connectivity index (χ2v) is 4.99. The van der Waals surface area contributed by atoms with Crippen molar-refractivity contribution in [3.8, 4) is 0 Å². The van der Waals surface area contributed by atoms with Crippen LogP contribution in [0.1, 0.15) is 65.2 Å². The first-order valence-electron chi connectivity index (χ1n) is 7.21. The number of ether oxygens (including phenoxy) is 1. The van der Waals surface area contributed by atoms with E-state index < -0.39 is 0 Å². The van der Waals surface area contributed by atoms with Crippen LogP contribution in [-0.2, 0) is 4.74 Å². The molecule has 1 rings (SSSR count). The minimum atomic E-state index is 0.542. The molecule has 0 aromatic carbocycles. The molecule has 1 saturated carbocycles. The van der Waals surface area contributed by atoms with Gasteiger partial charge in [0.2, 0.25) is 0 Å². The number of nitrogens with one attached hydrogen (secondary N) is 1. The molecule has 0 aromatic rings. The third kappa shape index (κ3) is 5.86. The van der Waals surface area contributed by atoms with Crippen LogP contribution >= 0.6 is 0 Å². The van der Waals surface area contributed by atoms with E-state index in [1.165, 1.54) is 51.4 Å². The van der Waals surface area contributed by atoms with E-state index in [0.29, 0.717) is 12.1 Å². The van der Waals surface area contributed by atoms with Gasteiger partial charge in [-0.3, -0.25) is 0 Å². The first kappa shape index (κ1) is 14.0. The fourth-order valence-electron chi connectivity index (χ4n) is 2.54. The highest BCUT2D eigenvalue weighted by atomic mass is 16.5. The van der Waals surface area contributed by atoms with Crippen LogP contribution < -0.4 is 5.32 Å². The fraction of sp³-hybridized carbons (Fsp3) is 1.00. The summed E-state index contributed by atoms with van der Waals surface area (Å²) in [6.45, 7) is 6.38. The minimum Gasteiger partial charge on any atom is -0.377 e. The first-order chi connectivity index (χ1) is 7.86. The standard InChI is InChI=1S/C14H29NO/c1-3-9-13(15-4-2)12-16-14-10-7-5-6-8-11-14/h13-15H,3-12H2,1-2H3. The van der Waals surface area contributed by atoms with E-state index in [4.69, 9.17) is 4.74 Å². The van der Waals surface area contributed by atoms with E-state index in [0.717, 1.165) is 13.2 Å². The van der Waals surface area contributed by atoms with Crippen molar-refractivity contribution in [1.29, 1.82) is 0 Å². The maximum absolute atomic E-state index is 6.07. The van der Waals surface area contributed by atoms with Crippen LogP contribution in [0.5, 0.6) is 0 Å². The van der Waals surface area contributed by atoms with Gasteiger partial charge in [0.25, 0.3) is 0 Å². The average molecular weight is 227 g/mol. The van der Waals surface area contributed by atoms with Gasteiger partial charge in [-0.2, -0.15) is 0 Å². The van der Waals surface area contributed by atoms with Crippen molar-refractivity contribution in [2.75, 3.05) is 13.2 Å². The molecule has 1 aliphatic rings. The molecule has 1 unspecified atom stereocenters. The van der Waals surface area contributed by atoms with Gasteiger partial charge in [0.15, 0.2) is 0 Å². The Kier molecular flexibility index (Phi) is 7.87. The van der Waals surface area contributed by atoms with Gasteiger partial charge in [-0.15, -0.1) is 0 Å². The van der Waals surface area contributed by atoms with E-state index in [-0.39, 0.29) is 0 Å². The summed E-state index contributed by atoms with van der Waals surface area (Å²) in [5.41, 5.74) is 0. The maximum Gasteiger partial charge on any atom is 0.0623 e. The normalized spacial score (nSPS) is 20.6. The molecular weight excluding hydrogens is 198 g/mol. The molecule has 16 heavy (non-hydrogen) atoms. The molecule has 2 heteroatoms. The first-order valence-corrected chi connectivity index (χ1v) is 7.21. The minimum absolute atomic E-state index is 0.542. The maximum atomic E-state index is 6.07. The van der Waals surface area contributed by atoms with Crippen molar-refractivity contribution < 1.29 is 4.74 Å². The topological polar surface area (TPSA) is 21.3 Å². The molecule has 0 spiro atoms. The van der Waals surface area contributed by atoms with Gasteiger partial charge in [-0.25, -0.2) is 0 Å². The lowest BCUT2D eigenvalue weighted by molar-refractivity contribution is 0.0279. The molecule has 0 saturated heterocycles. The Morgan fingerprint density at radius 1 is 1.12 bits per heavy atom. The lowest BCUT2D eigenvalue weighted by atomic mass is 10.1. The zero-order valence-electron chi connectivity index (χ0n) is 11.1. The Labute approximate surface area is 101 Å². The molecule has 0 amide bonds. The highest BCUT2D eigenvalue weighted by Gasteiger charge is 2.14. The highest BCUT2D eigenvalue weighted by molar-refractivity contribution is 4.68. The number of hydrogen-bond donors (Lipinski definition) is 1. The summed E-state index contributed by atoms with van der Waals surface area (Å²) in [5, 5.41) is 3.51. The van der Waals surface area contributed by atoms with Crippen LogP contribution in [-0.4, -0.2) is 25.3 Å². The summed E-state index contributed by atoms with van der Waals surface area (Å²) in [4.78, 5) is 0. The molecule has 96 valence electrons. The molecule has 0 radical (unpaired) electrons. The fourth-order valence-corrected chi connectivity index (χ4v) is 2.54. The van der Waals surface area contributed by atoms with Crippen molar-refractivity contribution in [2.24, 2.45) is 0 Å². The van der Waals surface area contributed by atoms with Gasteiger partial charge in [-0.1, -0.05) is 46.0 Å². The lowest BCUT2D eigenvalue weighted by Crippen LogP contribution is -2.34. The lowest BCUT2D eigenvalue weighted by Gasteiger charge is -2.21. The molecule has 1 fully saturated rings. The number of likely N-dealkylation sites (N-methyl/N-ethyl adjacent to an activating group) is 1. The van der Waals surface area contributed by atoms with Crippen molar-refractivity contribution in [1.82, 2.24) is 5.32 Å². The van der Waals surface area contributed by atoms with Crippen molar-refractivity contribution in [2.45, 2.75) is 77.4 Å². The molecule has 1 N–H and O–H groups in total. The quantitative estimate of drug-likeness (QED) is 0.672. The van der Waals surface area contributed by atoms with Crippen LogP contribution in [0.2, 0.25) is 0 Å². The SMILES string of the molecule is CCCC(COC1CCCCCC1)NCC.